The third-order valence-corrected chi connectivity index (χ3v) is 7.29. The molecule has 2 bridgehead atoms. The molecule has 166 valence electrons. The van der Waals surface area contributed by atoms with Gasteiger partial charge in [0, 0.05) is 12.0 Å². The lowest BCUT2D eigenvalue weighted by atomic mass is 9.88. The number of benzene rings is 2. The molecular formula is C25H26N2O5. The van der Waals surface area contributed by atoms with Crippen LogP contribution in [0.4, 0.5) is 4.79 Å². The van der Waals surface area contributed by atoms with Gasteiger partial charge in [0.15, 0.2) is 0 Å². The number of hydrogen-bond donors (Lipinski definition) is 2. The lowest BCUT2D eigenvalue weighted by Crippen LogP contribution is -2.56. The molecule has 0 saturated carbocycles. The van der Waals surface area contributed by atoms with Gasteiger partial charge in [-0.15, -0.1) is 0 Å². The van der Waals surface area contributed by atoms with Crippen LogP contribution >= 0.6 is 0 Å². The normalized spacial score (nSPS) is 24.0. The van der Waals surface area contributed by atoms with Crippen molar-refractivity contribution >= 4 is 18.0 Å². The number of nitrogens with one attached hydrogen (secondary N) is 1. The number of rotatable bonds is 5. The molecule has 2 fully saturated rings. The van der Waals surface area contributed by atoms with Crippen LogP contribution in [0.1, 0.15) is 49.7 Å². The van der Waals surface area contributed by atoms with Crippen molar-refractivity contribution in [3.05, 3.63) is 59.7 Å². The number of carbonyl (C=O) groups excluding carboxylic acids is 2. The molecular weight excluding hydrogens is 408 g/mol. The molecule has 0 aromatic heterocycles. The molecule has 2 aromatic carbocycles. The molecule has 2 N–H and O–H groups in total. The Kier molecular flexibility index (Phi) is 4.92. The van der Waals surface area contributed by atoms with E-state index >= 15 is 0 Å². The van der Waals surface area contributed by atoms with E-state index in [9.17, 15) is 19.5 Å². The molecule has 1 atom stereocenters. The van der Waals surface area contributed by atoms with Crippen LogP contribution in [-0.2, 0) is 14.3 Å². The summed E-state index contributed by atoms with van der Waals surface area (Å²) in [5.41, 5.74) is 3.39. The zero-order valence-electron chi connectivity index (χ0n) is 17.9. The Hall–Kier alpha value is -3.35. The Morgan fingerprint density at radius 2 is 1.62 bits per heavy atom. The number of amides is 2. The van der Waals surface area contributed by atoms with Crippen molar-refractivity contribution in [2.45, 2.75) is 56.1 Å². The molecule has 2 amide bonds. The van der Waals surface area contributed by atoms with Crippen LogP contribution in [0.15, 0.2) is 48.5 Å². The van der Waals surface area contributed by atoms with Crippen molar-refractivity contribution in [2.75, 3.05) is 6.61 Å². The zero-order valence-corrected chi connectivity index (χ0v) is 17.9. The van der Waals surface area contributed by atoms with Gasteiger partial charge in [-0.3, -0.25) is 4.79 Å². The molecule has 2 aliphatic heterocycles. The van der Waals surface area contributed by atoms with E-state index < -0.39 is 23.6 Å². The Bertz CT molecular complexity index is 1040. The quantitative estimate of drug-likeness (QED) is 0.751. The second-order valence-corrected chi connectivity index (χ2v) is 8.97. The second kappa shape index (κ2) is 7.65. The molecule has 5 rings (SSSR count). The van der Waals surface area contributed by atoms with E-state index in [1.807, 2.05) is 36.4 Å². The Morgan fingerprint density at radius 1 is 1.06 bits per heavy atom. The SMILES string of the molecule is C[C@@H](NC(=O)OCC1c2ccccc2-c2ccccc21)C(=O)N1C2CCC1(C(=O)O)CC2. The molecule has 0 unspecified atom stereocenters. The fourth-order valence-electron chi connectivity index (χ4n) is 5.72. The van der Waals surface area contributed by atoms with Crippen molar-refractivity contribution in [1.29, 1.82) is 0 Å². The third-order valence-electron chi connectivity index (χ3n) is 7.29. The summed E-state index contributed by atoms with van der Waals surface area (Å²) in [6.45, 7) is 1.74. The minimum Gasteiger partial charge on any atom is -0.479 e. The fraction of sp³-hybridized carbons (Fsp3) is 0.400. The van der Waals surface area contributed by atoms with Gasteiger partial charge >= 0.3 is 12.1 Å². The molecule has 7 heteroatoms. The van der Waals surface area contributed by atoms with Crippen LogP contribution in [0.25, 0.3) is 11.1 Å². The van der Waals surface area contributed by atoms with Gasteiger partial charge in [-0.1, -0.05) is 48.5 Å². The van der Waals surface area contributed by atoms with Crippen molar-refractivity contribution in [1.82, 2.24) is 10.2 Å². The number of alkyl carbamates (subject to hydrolysis) is 1. The molecule has 2 saturated heterocycles. The highest BCUT2D eigenvalue weighted by molar-refractivity contribution is 5.92. The number of aliphatic carboxylic acids is 1. The highest BCUT2D eigenvalue weighted by Crippen LogP contribution is 2.47. The monoisotopic (exact) mass is 434 g/mol. The highest BCUT2D eigenvalue weighted by atomic mass is 16.5. The summed E-state index contributed by atoms with van der Waals surface area (Å²) in [7, 11) is 0. The van der Waals surface area contributed by atoms with Gasteiger partial charge in [0.2, 0.25) is 5.91 Å². The zero-order chi connectivity index (χ0) is 22.5. The Morgan fingerprint density at radius 3 is 2.19 bits per heavy atom. The van der Waals surface area contributed by atoms with E-state index in [2.05, 4.69) is 17.4 Å². The standard InChI is InChI=1S/C25H26N2O5/c1-15(22(28)27-16-10-12-25(27,13-11-16)23(29)30)26-24(31)32-14-21-19-8-4-2-6-17(19)18-7-3-5-9-20(18)21/h2-9,15-16,21H,10-14H2,1H3,(H,26,31)(H,29,30)/t15-,16?,25?/m1/s1. The number of hydrogen-bond acceptors (Lipinski definition) is 4. The fourth-order valence-corrected chi connectivity index (χ4v) is 5.72. The molecule has 2 aromatic rings. The first-order chi connectivity index (χ1) is 15.4. The third kappa shape index (κ3) is 3.06. The number of carboxylic acid groups (broad SMARTS) is 1. The van der Waals surface area contributed by atoms with E-state index in [0.717, 1.165) is 22.3 Å². The smallest absolute Gasteiger partial charge is 0.407 e. The average molecular weight is 434 g/mol. The first-order valence-corrected chi connectivity index (χ1v) is 11.1. The molecule has 0 radical (unpaired) electrons. The van der Waals surface area contributed by atoms with Crippen molar-refractivity contribution in [3.63, 3.8) is 0 Å². The lowest BCUT2D eigenvalue weighted by molar-refractivity contribution is -0.156. The topological polar surface area (TPSA) is 95.9 Å². The van der Waals surface area contributed by atoms with Crippen LogP contribution in [0.3, 0.4) is 0 Å². The Balaban J connectivity index is 1.24. The summed E-state index contributed by atoms with van der Waals surface area (Å²) in [5, 5.41) is 12.3. The van der Waals surface area contributed by atoms with E-state index in [1.54, 1.807) is 6.92 Å². The highest BCUT2D eigenvalue weighted by Gasteiger charge is 2.59. The second-order valence-electron chi connectivity index (χ2n) is 8.97. The molecule has 2 heterocycles. The van der Waals surface area contributed by atoms with E-state index in [-0.39, 0.29) is 24.5 Å². The summed E-state index contributed by atoms with van der Waals surface area (Å²) in [4.78, 5) is 38.9. The van der Waals surface area contributed by atoms with E-state index in [1.165, 1.54) is 4.90 Å². The van der Waals surface area contributed by atoms with Crippen molar-refractivity contribution in [2.24, 2.45) is 0 Å². The van der Waals surface area contributed by atoms with Crippen molar-refractivity contribution < 1.29 is 24.2 Å². The summed E-state index contributed by atoms with van der Waals surface area (Å²) in [5.74, 6) is -1.39. The van der Waals surface area contributed by atoms with Gasteiger partial charge in [0.05, 0.1) is 0 Å². The van der Waals surface area contributed by atoms with Crippen LogP contribution in [0.5, 0.6) is 0 Å². The molecule has 0 spiro atoms. The summed E-state index contributed by atoms with van der Waals surface area (Å²) in [6.07, 6.45) is 1.64. The maximum atomic E-state index is 13.0. The van der Waals surface area contributed by atoms with Crippen LogP contribution in [-0.4, -0.2) is 52.2 Å². The minimum absolute atomic E-state index is 0.0645. The predicted octanol–water partition coefficient (Wildman–Crippen LogP) is 3.52. The largest absolute Gasteiger partial charge is 0.479 e. The summed E-state index contributed by atoms with van der Waals surface area (Å²) >= 11 is 0. The van der Waals surface area contributed by atoms with Gasteiger partial charge in [-0.25, -0.2) is 9.59 Å². The molecule has 1 aliphatic carbocycles. The lowest BCUT2D eigenvalue weighted by Gasteiger charge is -2.32. The summed E-state index contributed by atoms with van der Waals surface area (Å²) < 4.78 is 5.53. The number of carbonyl (C=O) groups is 3. The molecule has 32 heavy (non-hydrogen) atoms. The van der Waals surface area contributed by atoms with Crippen LogP contribution in [0, 0.1) is 0 Å². The van der Waals surface area contributed by atoms with Gasteiger partial charge in [-0.05, 0) is 54.9 Å². The number of ether oxygens (including phenoxy) is 1. The first kappa shape index (κ1) is 20.5. The van der Waals surface area contributed by atoms with Gasteiger partial charge < -0.3 is 20.1 Å². The van der Waals surface area contributed by atoms with Gasteiger partial charge in [0.25, 0.3) is 0 Å². The average Bonchev–Trinajstić information content (AvgIpc) is 3.46. The number of fused-ring (bicyclic) bond motifs is 5. The van der Waals surface area contributed by atoms with Gasteiger partial charge in [-0.2, -0.15) is 0 Å². The van der Waals surface area contributed by atoms with Gasteiger partial charge in [0.1, 0.15) is 18.2 Å². The van der Waals surface area contributed by atoms with Crippen LogP contribution < -0.4 is 5.32 Å². The maximum absolute atomic E-state index is 13.0. The Labute approximate surface area is 186 Å². The van der Waals surface area contributed by atoms with Crippen LogP contribution in [0.2, 0.25) is 0 Å². The summed E-state index contributed by atoms with van der Waals surface area (Å²) in [6, 6.07) is 15.2. The van der Waals surface area contributed by atoms with E-state index in [0.29, 0.717) is 25.7 Å². The minimum atomic E-state index is -1.13. The predicted molar refractivity (Wildman–Crippen MR) is 117 cm³/mol. The molecule has 3 aliphatic rings. The number of nitrogens with zero attached hydrogens (tertiary/aromatic N) is 1. The van der Waals surface area contributed by atoms with Crippen molar-refractivity contribution in [3.8, 4) is 11.1 Å². The first-order valence-electron chi connectivity index (χ1n) is 11.1. The molecule has 7 nitrogen and oxygen atoms in total. The van der Waals surface area contributed by atoms with E-state index in [4.69, 9.17) is 4.74 Å². The number of carboxylic acids is 1. The maximum Gasteiger partial charge on any atom is 0.407 e.